The van der Waals surface area contributed by atoms with Crippen molar-refractivity contribution in [3.8, 4) is 0 Å². The van der Waals surface area contributed by atoms with Gasteiger partial charge >= 0.3 is 12.2 Å². The number of anilines is 1. The first kappa shape index (κ1) is 20.5. The summed E-state index contributed by atoms with van der Waals surface area (Å²) in [4.78, 5) is 40.7. The summed E-state index contributed by atoms with van der Waals surface area (Å²) in [7, 11) is 0. The van der Waals surface area contributed by atoms with Crippen LogP contribution in [-0.2, 0) is 14.3 Å². The summed E-state index contributed by atoms with van der Waals surface area (Å²) in [6, 6.07) is 7.87. The molecule has 0 aliphatic carbocycles. The monoisotopic (exact) mass is 415 g/mol. The van der Waals surface area contributed by atoms with Gasteiger partial charge in [-0.25, -0.2) is 9.59 Å². The molecule has 8 heteroatoms. The van der Waals surface area contributed by atoms with Gasteiger partial charge in [0.25, 0.3) is 0 Å². The molecule has 2 atom stereocenters. The average Bonchev–Trinajstić information content (AvgIpc) is 3.22. The number of amides is 3. The number of carbonyl (C=O) groups is 3. The molecule has 2 saturated heterocycles. The maximum atomic E-state index is 13.4. The van der Waals surface area contributed by atoms with Crippen molar-refractivity contribution in [2.75, 3.05) is 24.5 Å². The van der Waals surface area contributed by atoms with E-state index < -0.39 is 11.7 Å². The third-order valence-electron chi connectivity index (χ3n) is 5.83. The SMILES string of the molecule is CC(C)(C)OC(=O)N1CCC(N2C(=O)C(CC3CNC(=O)O3)c3ccccc32)CC1. The number of likely N-dealkylation sites (tertiary alicyclic amines) is 1. The Bertz CT molecular complexity index is 841. The van der Waals surface area contributed by atoms with E-state index in [4.69, 9.17) is 9.47 Å². The topological polar surface area (TPSA) is 88.2 Å². The molecule has 0 spiro atoms. The molecule has 0 bridgehead atoms. The van der Waals surface area contributed by atoms with E-state index >= 15 is 0 Å². The molecule has 1 N–H and O–H groups in total. The van der Waals surface area contributed by atoms with E-state index in [2.05, 4.69) is 5.32 Å². The van der Waals surface area contributed by atoms with Gasteiger partial charge in [-0.1, -0.05) is 18.2 Å². The van der Waals surface area contributed by atoms with Crippen molar-refractivity contribution in [1.29, 1.82) is 0 Å². The van der Waals surface area contributed by atoms with Crippen molar-refractivity contribution >= 4 is 23.8 Å². The number of rotatable bonds is 3. The largest absolute Gasteiger partial charge is 0.444 e. The molecule has 1 aromatic rings. The minimum Gasteiger partial charge on any atom is -0.444 e. The number of carbonyl (C=O) groups excluding carboxylic acids is 3. The van der Waals surface area contributed by atoms with E-state index in [0.717, 1.165) is 11.3 Å². The Balaban J connectivity index is 1.45. The van der Waals surface area contributed by atoms with E-state index in [-0.39, 0.29) is 30.1 Å². The van der Waals surface area contributed by atoms with Crippen LogP contribution in [0.3, 0.4) is 0 Å². The molecule has 162 valence electrons. The molecule has 8 nitrogen and oxygen atoms in total. The predicted octanol–water partition coefficient (Wildman–Crippen LogP) is 3.01. The summed E-state index contributed by atoms with van der Waals surface area (Å²) in [5, 5.41) is 2.65. The van der Waals surface area contributed by atoms with Crippen LogP contribution in [0, 0.1) is 0 Å². The molecule has 30 heavy (non-hydrogen) atoms. The minimum absolute atomic E-state index is 0.0339. The summed E-state index contributed by atoms with van der Waals surface area (Å²) < 4.78 is 10.7. The molecular formula is C22H29N3O5. The van der Waals surface area contributed by atoms with Crippen molar-refractivity contribution in [3.63, 3.8) is 0 Å². The fraction of sp³-hybridized carbons (Fsp3) is 0.591. The van der Waals surface area contributed by atoms with Gasteiger partial charge in [-0.2, -0.15) is 0 Å². The fourth-order valence-corrected chi connectivity index (χ4v) is 4.48. The molecule has 0 saturated carbocycles. The Morgan fingerprint density at radius 1 is 1.20 bits per heavy atom. The van der Waals surface area contributed by atoms with Crippen molar-refractivity contribution in [1.82, 2.24) is 10.2 Å². The van der Waals surface area contributed by atoms with Gasteiger partial charge in [0.15, 0.2) is 0 Å². The Hall–Kier alpha value is -2.77. The van der Waals surface area contributed by atoms with Crippen molar-refractivity contribution in [2.45, 2.75) is 63.7 Å². The van der Waals surface area contributed by atoms with Gasteiger partial charge in [0.05, 0.1) is 12.5 Å². The first-order valence-electron chi connectivity index (χ1n) is 10.6. The summed E-state index contributed by atoms with van der Waals surface area (Å²) in [6.45, 7) is 7.11. The zero-order valence-corrected chi connectivity index (χ0v) is 17.7. The number of piperidine rings is 1. The molecule has 2 fully saturated rings. The second kappa shape index (κ2) is 7.81. The lowest BCUT2D eigenvalue weighted by atomic mass is 9.94. The van der Waals surface area contributed by atoms with Crippen LogP contribution in [0.5, 0.6) is 0 Å². The Morgan fingerprint density at radius 2 is 1.90 bits per heavy atom. The van der Waals surface area contributed by atoms with Crippen molar-refractivity contribution < 1.29 is 23.9 Å². The van der Waals surface area contributed by atoms with Crippen LogP contribution in [0.15, 0.2) is 24.3 Å². The van der Waals surface area contributed by atoms with Crippen LogP contribution >= 0.6 is 0 Å². The first-order valence-corrected chi connectivity index (χ1v) is 10.6. The number of benzene rings is 1. The standard InChI is InChI=1S/C22H29N3O5/c1-22(2,3)30-21(28)24-10-8-14(9-11-24)25-18-7-5-4-6-16(18)17(19(25)26)12-15-13-23-20(27)29-15/h4-7,14-15,17H,8-13H2,1-3H3,(H,23,27). The van der Waals surface area contributed by atoms with E-state index in [1.807, 2.05) is 49.9 Å². The molecule has 1 aromatic carbocycles. The Morgan fingerprint density at radius 3 is 2.53 bits per heavy atom. The Kier molecular flexibility index (Phi) is 5.34. The number of hydrogen-bond acceptors (Lipinski definition) is 5. The maximum Gasteiger partial charge on any atom is 0.410 e. The zero-order valence-electron chi connectivity index (χ0n) is 17.7. The van der Waals surface area contributed by atoms with Crippen LogP contribution in [0.1, 0.15) is 51.5 Å². The van der Waals surface area contributed by atoms with Crippen LogP contribution in [0.2, 0.25) is 0 Å². The number of ether oxygens (including phenoxy) is 2. The van der Waals surface area contributed by atoms with Crippen molar-refractivity contribution in [3.05, 3.63) is 29.8 Å². The number of fused-ring (bicyclic) bond motifs is 1. The number of para-hydroxylation sites is 1. The second-order valence-corrected chi connectivity index (χ2v) is 9.16. The first-order chi connectivity index (χ1) is 14.2. The summed E-state index contributed by atoms with van der Waals surface area (Å²) in [5.41, 5.74) is 1.39. The minimum atomic E-state index is -0.524. The quantitative estimate of drug-likeness (QED) is 0.820. The number of alkyl carbamates (subject to hydrolysis) is 1. The van der Waals surface area contributed by atoms with E-state index in [9.17, 15) is 14.4 Å². The van der Waals surface area contributed by atoms with Crippen molar-refractivity contribution in [2.24, 2.45) is 0 Å². The lowest BCUT2D eigenvalue weighted by Gasteiger charge is -2.37. The molecule has 0 radical (unpaired) electrons. The zero-order chi connectivity index (χ0) is 21.5. The number of hydrogen-bond donors (Lipinski definition) is 1. The molecule has 0 aromatic heterocycles. The van der Waals surface area contributed by atoms with E-state index in [1.165, 1.54) is 0 Å². The highest BCUT2D eigenvalue weighted by Gasteiger charge is 2.43. The number of nitrogens with zero attached hydrogens (tertiary/aromatic N) is 2. The van der Waals surface area contributed by atoms with Crippen LogP contribution in [0.25, 0.3) is 0 Å². The van der Waals surface area contributed by atoms with Gasteiger partial charge in [-0.15, -0.1) is 0 Å². The molecule has 2 unspecified atom stereocenters. The van der Waals surface area contributed by atoms with Gasteiger partial charge in [0.1, 0.15) is 11.7 Å². The average molecular weight is 415 g/mol. The van der Waals surface area contributed by atoms with Gasteiger partial charge < -0.3 is 24.6 Å². The molecule has 3 aliphatic heterocycles. The number of nitrogens with one attached hydrogen (secondary N) is 1. The van der Waals surface area contributed by atoms with Crippen LogP contribution in [0.4, 0.5) is 15.3 Å². The molecule has 3 aliphatic rings. The number of cyclic esters (lactones) is 1. The Labute approximate surface area is 176 Å². The summed E-state index contributed by atoms with van der Waals surface area (Å²) in [6.07, 6.45) is 0.848. The van der Waals surface area contributed by atoms with Gasteiger partial charge in [0.2, 0.25) is 5.91 Å². The fourth-order valence-electron chi connectivity index (χ4n) is 4.48. The molecule has 3 heterocycles. The third kappa shape index (κ3) is 4.08. The van der Waals surface area contributed by atoms with Gasteiger partial charge in [0, 0.05) is 31.2 Å². The highest BCUT2D eigenvalue weighted by molar-refractivity contribution is 6.05. The summed E-state index contributed by atoms with van der Waals surface area (Å²) >= 11 is 0. The molecule has 4 rings (SSSR count). The van der Waals surface area contributed by atoms with Gasteiger partial charge in [-0.05, 0) is 45.2 Å². The highest BCUT2D eigenvalue weighted by Crippen LogP contribution is 2.42. The van der Waals surface area contributed by atoms with Crippen LogP contribution in [-0.4, -0.2) is 60.4 Å². The van der Waals surface area contributed by atoms with Crippen LogP contribution < -0.4 is 10.2 Å². The predicted molar refractivity (Wildman–Crippen MR) is 110 cm³/mol. The van der Waals surface area contributed by atoms with E-state index in [0.29, 0.717) is 38.9 Å². The lowest BCUT2D eigenvalue weighted by molar-refractivity contribution is -0.120. The highest BCUT2D eigenvalue weighted by atomic mass is 16.6. The second-order valence-electron chi connectivity index (χ2n) is 9.16. The maximum absolute atomic E-state index is 13.4. The van der Waals surface area contributed by atoms with Gasteiger partial charge in [-0.3, -0.25) is 4.79 Å². The summed E-state index contributed by atoms with van der Waals surface area (Å²) in [5.74, 6) is -0.266. The molecular weight excluding hydrogens is 386 g/mol. The smallest absolute Gasteiger partial charge is 0.410 e. The normalized spacial score (nSPS) is 24.5. The molecule has 3 amide bonds. The lowest BCUT2D eigenvalue weighted by Crippen LogP contribution is -2.49. The third-order valence-corrected chi connectivity index (χ3v) is 5.83. The van der Waals surface area contributed by atoms with E-state index in [1.54, 1.807) is 4.90 Å².